The minimum Gasteiger partial charge on any atom is -0.481 e. The van der Waals surface area contributed by atoms with Gasteiger partial charge >= 0.3 is 5.97 Å². The summed E-state index contributed by atoms with van der Waals surface area (Å²) < 4.78 is 2.17. The van der Waals surface area contributed by atoms with Gasteiger partial charge in [-0.1, -0.05) is 42.5 Å². The lowest BCUT2D eigenvalue weighted by molar-refractivity contribution is -0.142. The third-order valence-corrected chi connectivity index (χ3v) is 7.12. The van der Waals surface area contributed by atoms with Crippen molar-refractivity contribution in [3.63, 3.8) is 0 Å². The van der Waals surface area contributed by atoms with Crippen LogP contribution >= 0.6 is 0 Å². The molecule has 5 rings (SSSR count). The zero-order valence-corrected chi connectivity index (χ0v) is 18.3. The molecule has 2 aliphatic rings. The van der Waals surface area contributed by atoms with Crippen molar-refractivity contribution in [3.8, 4) is 17.1 Å². The standard InChI is InChI=1S/C26H30N4O2/c31-26(32)22-12-10-21(11-13-22)25-29-28-24(30(25)23-4-2-1-3-5-23)20-8-6-18(7-9-20)19-14-16-27-17-15-19/h1-9,19,21-22,27H,10-17H2,(H,31,32). The third-order valence-electron chi connectivity index (χ3n) is 7.12. The first-order chi connectivity index (χ1) is 15.7. The summed E-state index contributed by atoms with van der Waals surface area (Å²) in [4.78, 5) is 11.4. The van der Waals surface area contributed by atoms with E-state index in [1.807, 2.05) is 18.2 Å². The van der Waals surface area contributed by atoms with Crippen LogP contribution in [0.3, 0.4) is 0 Å². The van der Waals surface area contributed by atoms with Gasteiger partial charge in [-0.3, -0.25) is 9.36 Å². The molecule has 2 N–H and O–H groups in total. The van der Waals surface area contributed by atoms with Gasteiger partial charge in [0.25, 0.3) is 0 Å². The minimum atomic E-state index is -0.678. The number of hydrogen-bond acceptors (Lipinski definition) is 4. The van der Waals surface area contributed by atoms with Gasteiger partial charge in [-0.2, -0.15) is 0 Å². The Morgan fingerprint density at radius 3 is 2.19 bits per heavy atom. The zero-order chi connectivity index (χ0) is 21.9. The Hall–Kier alpha value is -2.99. The smallest absolute Gasteiger partial charge is 0.306 e. The molecule has 3 aromatic rings. The maximum Gasteiger partial charge on any atom is 0.306 e. The van der Waals surface area contributed by atoms with Crippen LogP contribution in [-0.4, -0.2) is 38.9 Å². The van der Waals surface area contributed by atoms with E-state index in [2.05, 4.69) is 56.5 Å². The maximum atomic E-state index is 11.4. The number of piperidine rings is 1. The fraction of sp³-hybridized carbons (Fsp3) is 0.423. The molecule has 1 aromatic heterocycles. The summed E-state index contributed by atoms with van der Waals surface area (Å²) in [5.74, 6) is 1.73. The highest BCUT2D eigenvalue weighted by atomic mass is 16.4. The number of nitrogens with one attached hydrogen (secondary N) is 1. The Bertz CT molecular complexity index is 1050. The van der Waals surface area contributed by atoms with Gasteiger partial charge in [-0.15, -0.1) is 10.2 Å². The quantitative estimate of drug-likeness (QED) is 0.610. The van der Waals surface area contributed by atoms with E-state index in [0.717, 1.165) is 48.8 Å². The summed E-state index contributed by atoms with van der Waals surface area (Å²) in [7, 11) is 0. The molecule has 1 aliphatic carbocycles. The molecule has 0 atom stereocenters. The second kappa shape index (κ2) is 9.25. The number of aromatic nitrogens is 3. The lowest BCUT2D eigenvalue weighted by atomic mass is 9.81. The number of para-hydroxylation sites is 1. The number of rotatable bonds is 5. The van der Waals surface area contributed by atoms with Crippen molar-refractivity contribution in [3.05, 3.63) is 66.0 Å². The SMILES string of the molecule is O=C(O)C1CCC(c2nnc(-c3ccc(C4CCNCC4)cc3)n2-c2ccccc2)CC1. The van der Waals surface area contributed by atoms with Crippen LogP contribution in [-0.2, 0) is 4.79 Å². The molecule has 0 amide bonds. The number of hydrogen-bond donors (Lipinski definition) is 2. The number of benzene rings is 2. The first-order valence-corrected chi connectivity index (χ1v) is 11.8. The Labute approximate surface area is 188 Å². The van der Waals surface area contributed by atoms with Crippen molar-refractivity contribution >= 4 is 5.97 Å². The van der Waals surface area contributed by atoms with E-state index in [9.17, 15) is 9.90 Å². The summed E-state index contributed by atoms with van der Waals surface area (Å²) in [5.41, 5.74) is 3.50. The first kappa shape index (κ1) is 20.9. The average molecular weight is 431 g/mol. The molecule has 1 aliphatic heterocycles. The lowest BCUT2D eigenvalue weighted by Crippen LogP contribution is -2.26. The molecule has 6 nitrogen and oxygen atoms in total. The molecule has 2 heterocycles. The van der Waals surface area contributed by atoms with Gasteiger partial charge in [0.15, 0.2) is 5.82 Å². The van der Waals surface area contributed by atoms with Crippen molar-refractivity contribution in [2.45, 2.75) is 50.4 Å². The summed E-state index contributed by atoms with van der Waals surface area (Å²) >= 11 is 0. The first-order valence-electron chi connectivity index (χ1n) is 11.8. The normalized spacial score (nSPS) is 22.0. The van der Waals surface area contributed by atoms with Crippen molar-refractivity contribution in [1.82, 2.24) is 20.1 Å². The predicted molar refractivity (Wildman–Crippen MR) is 124 cm³/mol. The summed E-state index contributed by atoms with van der Waals surface area (Å²) in [6, 6.07) is 19.1. The largest absolute Gasteiger partial charge is 0.481 e. The van der Waals surface area contributed by atoms with Gasteiger partial charge in [0, 0.05) is 17.2 Å². The fourth-order valence-electron chi connectivity index (χ4n) is 5.24. The van der Waals surface area contributed by atoms with Gasteiger partial charge < -0.3 is 10.4 Å². The molecule has 0 unspecified atom stereocenters. The summed E-state index contributed by atoms with van der Waals surface area (Å²) in [6.07, 6.45) is 5.42. The number of aliphatic carboxylic acids is 1. The van der Waals surface area contributed by atoms with Crippen LogP contribution in [0.15, 0.2) is 54.6 Å². The van der Waals surface area contributed by atoms with E-state index in [0.29, 0.717) is 18.8 Å². The Balaban J connectivity index is 1.47. The Morgan fingerprint density at radius 2 is 1.53 bits per heavy atom. The summed E-state index contributed by atoms with van der Waals surface area (Å²) in [5, 5.41) is 22.0. The average Bonchev–Trinajstić information content (AvgIpc) is 3.30. The molecule has 0 bridgehead atoms. The Morgan fingerprint density at radius 1 is 0.844 bits per heavy atom. The van der Waals surface area contributed by atoms with Gasteiger partial charge in [-0.05, 0) is 75.2 Å². The highest BCUT2D eigenvalue weighted by Crippen LogP contribution is 2.37. The van der Waals surface area contributed by atoms with Gasteiger partial charge in [0.1, 0.15) is 5.82 Å². The second-order valence-electron chi connectivity index (χ2n) is 9.09. The predicted octanol–water partition coefficient (Wildman–Crippen LogP) is 4.76. The molecular formula is C26H30N4O2. The van der Waals surface area contributed by atoms with Gasteiger partial charge in [0.05, 0.1) is 5.92 Å². The molecule has 0 radical (unpaired) electrons. The van der Waals surface area contributed by atoms with E-state index in [4.69, 9.17) is 0 Å². The zero-order valence-electron chi connectivity index (χ0n) is 18.3. The number of carboxylic acids is 1. The van der Waals surface area contributed by atoms with E-state index < -0.39 is 5.97 Å². The second-order valence-corrected chi connectivity index (χ2v) is 9.09. The minimum absolute atomic E-state index is 0.223. The number of carboxylic acid groups (broad SMARTS) is 1. The number of carbonyl (C=O) groups is 1. The molecule has 1 saturated heterocycles. The maximum absolute atomic E-state index is 11.4. The molecular weight excluding hydrogens is 400 g/mol. The molecule has 2 fully saturated rings. The topological polar surface area (TPSA) is 80.0 Å². The van der Waals surface area contributed by atoms with E-state index in [1.165, 1.54) is 18.4 Å². The van der Waals surface area contributed by atoms with Gasteiger partial charge in [-0.25, -0.2) is 0 Å². The van der Waals surface area contributed by atoms with Crippen LogP contribution in [0, 0.1) is 5.92 Å². The molecule has 0 spiro atoms. The van der Waals surface area contributed by atoms with Crippen LogP contribution in [0.25, 0.3) is 17.1 Å². The Kier molecular flexibility index (Phi) is 6.04. The number of nitrogens with zero attached hydrogens (tertiary/aromatic N) is 3. The molecule has 166 valence electrons. The highest BCUT2D eigenvalue weighted by molar-refractivity contribution is 5.70. The van der Waals surface area contributed by atoms with E-state index in [1.54, 1.807) is 0 Å². The third kappa shape index (κ3) is 4.19. The van der Waals surface area contributed by atoms with Crippen molar-refractivity contribution in [1.29, 1.82) is 0 Å². The summed E-state index contributed by atoms with van der Waals surface area (Å²) in [6.45, 7) is 2.17. The van der Waals surface area contributed by atoms with Crippen LogP contribution in [0.4, 0.5) is 0 Å². The van der Waals surface area contributed by atoms with Gasteiger partial charge in [0.2, 0.25) is 0 Å². The van der Waals surface area contributed by atoms with Crippen LogP contribution in [0.1, 0.15) is 61.7 Å². The van der Waals surface area contributed by atoms with Crippen LogP contribution in [0.5, 0.6) is 0 Å². The molecule has 32 heavy (non-hydrogen) atoms. The van der Waals surface area contributed by atoms with Crippen LogP contribution < -0.4 is 5.32 Å². The van der Waals surface area contributed by atoms with Crippen molar-refractivity contribution < 1.29 is 9.90 Å². The fourth-order valence-corrected chi connectivity index (χ4v) is 5.24. The van der Waals surface area contributed by atoms with Crippen molar-refractivity contribution in [2.75, 3.05) is 13.1 Å². The highest BCUT2D eigenvalue weighted by Gasteiger charge is 2.31. The molecule has 1 saturated carbocycles. The monoisotopic (exact) mass is 430 g/mol. The molecule has 6 heteroatoms. The lowest BCUT2D eigenvalue weighted by Gasteiger charge is -2.26. The van der Waals surface area contributed by atoms with E-state index in [-0.39, 0.29) is 11.8 Å². The van der Waals surface area contributed by atoms with Crippen molar-refractivity contribution in [2.24, 2.45) is 5.92 Å². The molecule has 2 aromatic carbocycles. The van der Waals surface area contributed by atoms with Crippen LogP contribution in [0.2, 0.25) is 0 Å². The van der Waals surface area contributed by atoms with E-state index >= 15 is 0 Å².